The van der Waals surface area contributed by atoms with E-state index in [1.807, 2.05) is 0 Å². The van der Waals surface area contributed by atoms with Gasteiger partial charge in [0.1, 0.15) is 0 Å². The molecule has 0 aliphatic heterocycles. The fourth-order valence-corrected chi connectivity index (χ4v) is 6.35. The van der Waals surface area contributed by atoms with Crippen molar-refractivity contribution in [3.05, 3.63) is 42.0 Å². The maximum atomic E-state index is 11.0. The van der Waals surface area contributed by atoms with Crippen molar-refractivity contribution in [2.24, 2.45) is 0 Å². The van der Waals surface area contributed by atoms with Crippen LogP contribution in [0, 0.1) is 0 Å². The highest BCUT2D eigenvalue weighted by Gasteiger charge is 2.34. The van der Waals surface area contributed by atoms with Crippen molar-refractivity contribution < 1.29 is 9.53 Å². The molecule has 0 N–H and O–H groups in total. The summed E-state index contributed by atoms with van der Waals surface area (Å²) in [5.41, 5.74) is 1.90. The highest BCUT2D eigenvalue weighted by Crippen LogP contribution is 2.32. The second kappa shape index (κ2) is 7.43. The Morgan fingerprint density at radius 1 is 1.25 bits per heavy atom. The van der Waals surface area contributed by atoms with Crippen LogP contribution < -0.4 is 5.19 Å². The lowest BCUT2D eigenvalue weighted by Crippen LogP contribution is -2.46. The number of carbonyl (C=O) groups is 1. The molecule has 2 nitrogen and oxygen atoms in total. The topological polar surface area (TPSA) is 26.3 Å². The minimum absolute atomic E-state index is 0.193. The first-order valence-electron chi connectivity index (χ1n) is 7.21. The van der Waals surface area contributed by atoms with E-state index < -0.39 is 8.07 Å². The van der Waals surface area contributed by atoms with E-state index in [1.165, 1.54) is 17.7 Å². The zero-order chi connectivity index (χ0) is 15.2. The fraction of sp³-hybridized carbons (Fsp3) is 0.471. The summed E-state index contributed by atoms with van der Waals surface area (Å²) in [6.45, 7) is 11.0. The summed E-state index contributed by atoms with van der Waals surface area (Å²) in [6.07, 6.45) is 3.10. The summed E-state index contributed by atoms with van der Waals surface area (Å²) in [5.74, 6) is -0.193. The molecule has 1 aromatic rings. The van der Waals surface area contributed by atoms with Gasteiger partial charge in [-0.3, -0.25) is 4.79 Å². The minimum Gasteiger partial charge on any atom is -0.466 e. The first-order chi connectivity index (χ1) is 9.39. The number of esters is 1. The van der Waals surface area contributed by atoms with Gasteiger partial charge in [-0.05, 0) is 25.8 Å². The van der Waals surface area contributed by atoms with Crippen molar-refractivity contribution in [2.45, 2.75) is 45.8 Å². The standard InChI is InChI=1S/C17H26O2Si/c1-6-14(2)17(12-13-19-15(3)18)20(4,5)16-10-8-7-9-11-16/h6-11,17H,12-13H2,1-5H3/b14-6+/t17-/m0/s1. The minimum atomic E-state index is -1.62. The van der Waals surface area contributed by atoms with E-state index in [0.717, 1.165) is 6.42 Å². The third-order valence-electron chi connectivity index (χ3n) is 4.11. The predicted molar refractivity (Wildman–Crippen MR) is 88.0 cm³/mol. The van der Waals surface area contributed by atoms with E-state index in [4.69, 9.17) is 4.74 Å². The normalized spacial score (nSPS) is 13.9. The lowest BCUT2D eigenvalue weighted by molar-refractivity contribution is -0.141. The summed E-state index contributed by atoms with van der Waals surface area (Å²) in [5, 5.41) is 1.45. The Kier molecular flexibility index (Phi) is 6.21. The lowest BCUT2D eigenvalue weighted by Gasteiger charge is -2.34. The predicted octanol–water partition coefficient (Wildman–Crippen LogP) is 3.89. The molecule has 0 amide bonds. The first kappa shape index (κ1) is 16.7. The molecule has 0 aliphatic carbocycles. The van der Waals surface area contributed by atoms with E-state index in [2.05, 4.69) is 63.3 Å². The average molecular weight is 290 g/mol. The van der Waals surface area contributed by atoms with Gasteiger partial charge in [0.2, 0.25) is 0 Å². The highest BCUT2D eigenvalue weighted by molar-refractivity contribution is 6.91. The van der Waals surface area contributed by atoms with Gasteiger partial charge in [0, 0.05) is 6.92 Å². The highest BCUT2D eigenvalue weighted by atomic mass is 28.3. The van der Waals surface area contributed by atoms with Crippen LogP contribution in [0.4, 0.5) is 0 Å². The van der Waals surface area contributed by atoms with Gasteiger partial charge in [0.25, 0.3) is 0 Å². The zero-order valence-electron chi connectivity index (χ0n) is 13.3. The molecule has 0 unspecified atom stereocenters. The van der Waals surface area contributed by atoms with E-state index in [0.29, 0.717) is 12.1 Å². The molecule has 110 valence electrons. The Morgan fingerprint density at radius 2 is 1.85 bits per heavy atom. The number of hydrogen-bond donors (Lipinski definition) is 0. The van der Waals surface area contributed by atoms with Crippen molar-refractivity contribution in [1.82, 2.24) is 0 Å². The largest absolute Gasteiger partial charge is 0.466 e. The van der Waals surface area contributed by atoms with Crippen molar-refractivity contribution in [3.8, 4) is 0 Å². The SMILES string of the molecule is C/C=C(\C)[C@H](CCOC(C)=O)[Si](C)(C)c1ccccc1. The van der Waals surface area contributed by atoms with Gasteiger partial charge in [0.05, 0.1) is 14.7 Å². The molecule has 0 radical (unpaired) electrons. The van der Waals surface area contributed by atoms with Crippen LogP contribution in [-0.2, 0) is 9.53 Å². The molecule has 1 aromatic carbocycles. The maximum Gasteiger partial charge on any atom is 0.302 e. The molecular formula is C17H26O2Si. The Balaban J connectivity index is 2.95. The van der Waals surface area contributed by atoms with Crippen LogP contribution >= 0.6 is 0 Å². The summed E-state index contributed by atoms with van der Waals surface area (Å²) in [7, 11) is -1.62. The van der Waals surface area contributed by atoms with Gasteiger partial charge in [-0.1, -0.05) is 60.3 Å². The average Bonchev–Trinajstić information content (AvgIpc) is 2.43. The number of rotatable bonds is 6. The smallest absolute Gasteiger partial charge is 0.302 e. The molecule has 3 heteroatoms. The van der Waals surface area contributed by atoms with Crippen LogP contribution in [0.3, 0.4) is 0 Å². The Morgan fingerprint density at radius 3 is 2.35 bits per heavy atom. The summed E-state index contributed by atoms with van der Waals surface area (Å²) in [4.78, 5) is 11.0. The molecule has 0 aliphatic rings. The van der Waals surface area contributed by atoms with Crippen LogP contribution in [0.15, 0.2) is 42.0 Å². The summed E-state index contributed by atoms with van der Waals surface area (Å²) in [6, 6.07) is 10.7. The van der Waals surface area contributed by atoms with Gasteiger partial charge in [-0.25, -0.2) is 0 Å². The lowest BCUT2D eigenvalue weighted by atomic mass is 10.1. The second-order valence-corrected chi connectivity index (χ2v) is 10.5. The molecule has 0 bridgehead atoms. The fourth-order valence-electron chi connectivity index (χ4n) is 2.75. The molecule has 0 spiro atoms. The monoisotopic (exact) mass is 290 g/mol. The van der Waals surface area contributed by atoms with Gasteiger partial charge in [-0.15, -0.1) is 0 Å². The number of ether oxygens (including phenoxy) is 1. The molecule has 0 saturated heterocycles. The Labute approximate surface area is 123 Å². The Bertz CT molecular complexity index is 463. The van der Waals surface area contributed by atoms with E-state index in [1.54, 1.807) is 0 Å². The maximum absolute atomic E-state index is 11.0. The molecule has 1 atom stereocenters. The molecular weight excluding hydrogens is 264 g/mol. The van der Waals surface area contributed by atoms with Crippen molar-refractivity contribution in [1.29, 1.82) is 0 Å². The van der Waals surface area contributed by atoms with Gasteiger partial charge < -0.3 is 4.74 Å². The first-order valence-corrected chi connectivity index (χ1v) is 10.3. The number of carbonyl (C=O) groups excluding carboxylic acids is 1. The summed E-state index contributed by atoms with van der Waals surface area (Å²) < 4.78 is 5.15. The third kappa shape index (κ3) is 4.34. The van der Waals surface area contributed by atoms with E-state index in [-0.39, 0.29) is 5.97 Å². The Hall–Kier alpha value is -1.35. The van der Waals surface area contributed by atoms with Crippen molar-refractivity contribution in [2.75, 3.05) is 6.61 Å². The second-order valence-electron chi connectivity index (χ2n) is 5.80. The van der Waals surface area contributed by atoms with Gasteiger partial charge >= 0.3 is 5.97 Å². The van der Waals surface area contributed by atoms with Crippen LogP contribution in [0.2, 0.25) is 18.6 Å². The van der Waals surface area contributed by atoms with E-state index >= 15 is 0 Å². The number of hydrogen-bond acceptors (Lipinski definition) is 2. The van der Waals surface area contributed by atoms with Gasteiger partial charge in [0.15, 0.2) is 0 Å². The number of benzene rings is 1. The molecule has 0 heterocycles. The van der Waals surface area contributed by atoms with Crippen molar-refractivity contribution >= 4 is 19.2 Å². The van der Waals surface area contributed by atoms with Crippen molar-refractivity contribution in [3.63, 3.8) is 0 Å². The molecule has 0 fully saturated rings. The van der Waals surface area contributed by atoms with Crippen LogP contribution in [0.25, 0.3) is 0 Å². The molecule has 1 rings (SSSR count). The van der Waals surface area contributed by atoms with E-state index in [9.17, 15) is 4.79 Å². The van der Waals surface area contributed by atoms with Crippen LogP contribution in [0.5, 0.6) is 0 Å². The number of allylic oxidation sites excluding steroid dienone is 2. The summed E-state index contributed by atoms with van der Waals surface area (Å²) >= 11 is 0. The van der Waals surface area contributed by atoms with Crippen LogP contribution in [-0.4, -0.2) is 20.7 Å². The molecule has 20 heavy (non-hydrogen) atoms. The van der Waals surface area contributed by atoms with Gasteiger partial charge in [-0.2, -0.15) is 0 Å². The third-order valence-corrected chi connectivity index (χ3v) is 8.41. The van der Waals surface area contributed by atoms with Crippen LogP contribution in [0.1, 0.15) is 27.2 Å². The zero-order valence-corrected chi connectivity index (χ0v) is 14.3. The molecule has 0 saturated carbocycles. The quantitative estimate of drug-likeness (QED) is 0.451. The molecule has 0 aromatic heterocycles.